The molecule has 0 aliphatic heterocycles. The molecule has 1 fully saturated rings. The highest BCUT2D eigenvalue weighted by Crippen LogP contribution is 2.20. The molecule has 54 valence electrons. The molecular weight excluding hydrogens is 134 g/mol. The van der Waals surface area contributed by atoms with Crippen LogP contribution < -0.4 is 5.73 Å². The Morgan fingerprint density at radius 3 is 2.22 bits per heavy atom. The minimum absolute atomic E-state index is 0.355. The second kappa shape index (κ2) is 3.44. The second-order valence-electron chi connectivity index (χ2n) is 2.64. The predicted octanol–water partition coefficient (Wildman–Crippen LogP) is 1.12. The van der Waals surface area contributed by atoms with Gasteiger partial charge >= 0.3 is 0 Å². The largest absolute Gasteiger partial charge is 0.328 e. The minimum atomic E-state index is 0.355. The molecule has 0 spiro atoms. The lowest BCUT2D eigenvalue weighted by Crippen LogP contribution is -2.28. The fourth-order valence-electron chi connectivity index (χ4n) is 1.19. The van der Waals surface area contributed by atoms with Crippen LogP contribution >= 0.6 is 12.9 Å². The first kappa shape index (κ1) is 7.38. The van der Waals surface area contributed by atoms with Crippen molar-refractivity contribution in [1.29, 1.82) is 0 Å². The maximum atomic E-state index is 5.67. The zero-order valence-corrected chi connectivity index (χ0v) is 6.31. The van der Waals surface area contributed by atoms with Gasteiger partial charge in [0.1, 0.15) is 0 Å². The van der Waals surface area contributed by atoms with Crippen molar-refractivity contribution in [2.75, 3.05) is 0 Å². The van der Waals surface area contributed by atoms with Crippen LogP contribution in [0.2, 0.25) is 0 Å². The standard InChI is InChI=1S/C6H13NOS/c7-5-1-3-6(8-9)4-2-5/h5-6,9H,1-4,7H2/t5-,6-. The van der Waals surface area contributed by atoms with Crippen LogP contribution in [0.4, 0.5) is 0 Å². The lowest BCUT2D eigenvalue weighted by molar-refractivity contribution is 0.179. The highest BCUT2D eigenvalue weighted by molar-refractivity contribution is 7.75. The molecule has 9 heavy (non-hydrogen) atoms. The zero-order chi connectivity index (χ0) is 6.69. The Hall–Kier alpha value is 0.270. The maximum Gasteiger partial charge on any atom is 0.0720 e. The van der Waals surface area contributed by atoms with Crippen LogP contribution in [0, 0.1) is 0 Å². The van der Waals surface area contributed by atoms with Crippen LogP contribution in [0.25, 0.3) is 0 Å². The van der Waals surface area contributed by atoms with Gasteiger partial charge < -0.3 is 9.92 Å². The van der Waals surface area contributed by atoms with Gasteiger partial charge in [0.25, 0.3) is 0 Å². The van der Waals surface area contributed by atoms with Crippen LogP contribution in [-0.2, 0) is 4.18 Å². The summed E-state index contributed by atoms with van der Waals surface area (Å²) < 4.78 is 4.88. The lowest BCUT2D eigenvalue weighted by atomic mass is 9.94. The monoisotopic (exact) mass is 147 g/mol. The van der Waals surface area contributed by atoms with E-state index in [2.05, 4.69) is 12.9 Å². The summed E-state index contributed by atoms with van der Waals surface area (Å²) in [5, 5.41) is 0. The number of rotatable bonds is 1. The van der Waals surface area contributed by atoms with Gasteiger partial charge in [0.2, 0.25) is 0 Å². The summed E-state index contributed by atoms with van der Waals surface area (Å²) in [5.74, 6) is 0. The summed E-state index contributed by atoms with van der Waals surface area (Å²) >= 11 is 3.75. The van der Waals surface area contributed by atoms with Crippen molar-refractivity contribution in [1.82, 2.24) is 0 Å². The van der Waals surface area contributed by atoms with E-state index in [-0.39, 0.29) is 0 Å². The van der Waals surface area contributed by atoms with E-state index in [0.29, 0.717) is 12.1 Å². The minimum Gasteiger partial charge on any atom is -0.328 e. The van der Waals surface area contributed by atoms with Crippen molar-refractivity contribution >= 4 is 12.9 Å². The van der Waals surface area contributed by atoms with Crippen molar-refractivity contribution in [3.63, 3.8) is 0 Å². The third-order valence-electron chi connectivity index (χ3n) is 1.87. The molecular formula is C6H13NOS. The molecule has 0 unspecified atom stereocenters. The molecule has 0 amide bonds. The predicted molar refractivity (Wildman–Crippen MR) is 40.3 cm³/mol. The van der Waals surface area contributed by atoms with Crippen LogP contribution in [0.1, 0.15) is 25.7 Å². The summed E-state index contributed by atoms with van der Waals surface area (Å²) in [7, 11) is 0. The van der Waals surface area contributed by atoms with E-state index in [1.807, 2.05) is 0 Å². The Morgan fingerprint density at radius 1 is 1.22 bits per heavy atom. The van der Waals surface area contributed by atoms with Crippen molar-refractivity contribution in [3.05, 3.63) is 0 Å². The quantitative estimate of drug-likeness (QED) is 0.430. The van der Waals surface area contributed by atoms with Crippen LogP contribution in [0.15, 0.2) is 0 Å². The highest BCUT2D eigenvalue weighted by Gasteiger charge is 2.17. The van der Waals surface area contributed by atoms with E-state index in [1.165, 1.54) is 0 Å². The van der Waals surface area contributed by atoms with Crippen molar-refractivity contribution in [2.24, 2.45) is 5.73 Å². The third-order valence-corrected chi connectivity index (χ3v) is 2.17. The van der Waals surface area contributed by atoms with E-state index in [1.54, 1.807) is 0 Å². The normalized spacial score (nSPS) is 36.7. The van der Waals surface area contributed by atoms with E-state index in [4.69, 9.17) is 9.92 Å². The molecule has 2 nitrogen and oxygen atoms in total. The van der Waals surface area contributed by atoms with E-state index >= 15 is 0 Å². The molecule has 1 saturated carbocycles. The molecule has 0 aromatic rings. The number of hydrogen-bond donors (Lipinski definition) is 2. The average molecular weight is 147 g/mol. The molecule has 0 aromatic heterocycles. The molecule has 1 rings (SSSR count). The Labute approximate surface area is 61.4 Å². The van der Waals surface area contributed by atoms with Crippen LogP contribution in [0.5, 0.6) is 0 Å². The van der Waals surface area contributed by atoms with Gasteiger partial charge in [0.05, 0.1) is 6.10 Å². The summed E-state index contributed by atoms with van der Waals surface area (Å²) in [4.78, 5) is 0. The fourth-order valence-corrected chi connectivity index (χ4v) is 1.40. The highest BCUT2D eigenvalue weighted by atomic mass is 32.1. The van der Waals surface area contributed by atoms with Gasteiger partial charge in [-0.15, -0.1) is 0 Å². The van der Waals surface area contributed by atoms with Gasteiger partial charge in [-0.1, -0.05) is 0 Å². The van der Waals surface area contributed by atoms with Gasteiger partial charge in [-0.25, -0.2) is 0 Å². The number of nitrogens with two attached hydrogens (primary N) is 1. The Kier molecular flexibility index (Phi) is 2.82. The van der Waals surface area contributed by atoms with Gasteiger partial charge in [0, 0.05) is 6.04 Å². The van der Waals surface area contributed by atoms with Gasteiger partial charge in [-0.3, -0.25) is 0 Å². The Balaban J connectivity index is 2.18. The van der Waals surface area contributed by atoms with Crippen molar-refractivity contribution in [2.45, 2.75) is 37.8 Å². The molecule has 0 heterocycles. The van der Waals surface area contributed by atoms with Crippen LogP contribution in [0.3, 0.4) is 0 Å². The van der Waals surface area contributed by atoms with E-state index in [0.717, 1.165) is 25.7 Å². The average Bonchev–Trinajstić information content (AvgIpc) is 1.90. The topological polar surface area (TPSA) is 35.2 Å². The first-order valence-electron chi connectivity index (χ1n) is 3.38. The SMILES string of the molecule is N[C@H]1CC[C@H](OS)CC1. The zero-order valence-electron chi connectivity index (χ0n) is 5.42. The number of thiol groups is 1. The molecule has 0 saturated heterocycles. The fraction of sp³-hybridized carbons (Fsp3) is 1.00. The molecule has 0 atom stereocenters. The van der Waals surface area contributed by atoms with Crippen LogP contribution in [-0.4, -0.2) is 12.1 Å². The Morgan fingerprint density at radius 2 is 1.78 bits per heavy atom. The van der Waals surface area contributed by atoms with E-state index in [9.17, 15) is 0 Å². The van der Waals surface area contributed by atoms with E-state index < -0.39 is 0 Å². The lowest BCUT2D eigenvalue weighted by Gasteiger charge is -2.23. The molecule has 1 aliphatic carbocycles. The smallest absolute Gasteiger partial charge is 0.0720 e. The first-order valence-corrected chi connectivity index (χ1v) is 3.75. The summed E-state index contributed by atoms with van der Waals surface area (Å²) in [6, 6.07) is 0.407. The summed E-state index contributed by atoms with van der Waals surface area (Å²) in [6.07, 6.45) is 4.68. The summed E-state index contributed by atoms with van der Waals surface area (Å²) in [6.45, 7) is 0. The molecule has 0 bridgehead atoms. The molecule has 0 radical (unpaired) electrons. The van der Waals surface area contributed by atoms with Gasteiger partial charge in [-0.2, -0.15) is 0 Å². The second-order valence-corrected chi connectivity index (χ2v) is 2.85. The molecule has 0 aromatic carbocycles. The summed E-state index contributed by atoms with van der Waals surface area (Å²) in [5.41, 5.74) is 5.67. The molecule has 3 heteroatoms. The first-order chi connectivity index (χ1) is 4.33. The third kappa shape index (κ3) is 2.16. The van der Waals surface area contributed by atoms with Crippen molar-refractivity contribution in [3.8, 4) is 0 Å². The molecule has 2 N–H and O–H groups in total. The van der Waals surface area contributed by atoms with Crippen molar-refractivity contribution < 1.29 is 4.18 Å². The van der Waals surface area contributed by atoms with Gasteiger partial charge in [0.15, 0.2) is 0 Å². The van der Waals surface area contributed by atoms with Gasteiger partial charge in [-0.05, 0) is 38.6 Å². The number of hydrogen-bond acceptors (Lipinski definition) is 3. The Bertz CT molecular complexity index is 81.1. The maximum absolute atomic E-state index is 5.67. The molecule has 1 aliphatic rings.